The van der Waals surface area contributed by atoms with Crippen molar-refractivity contribution >= 4 is 5.91 Å². The Morgan fingerprint density at radius 3 is 2.40 bits per heavy atom. The minimum absolute atomic E-state index is 0.00615. The van der Waals surface area contributed by atoms with E-state index in [0.717, 1.165) is 12.1 Å². The van der Waals surface area contributed by atoms with Crippen LogP contribution in [0.2, 0.25) is 0 Å². The monoisotopic (exact) mass is 358 g/mol. The van der Waals surface area contributed by atoms with Gasteiger partial charge in [0.25, 0.3) is 0 Å². The Morgan fingerprint density at radius 2 is 1.88 bits per heavy atom. The lowest BCUT2D eigenvalue weighted by Crippen LogP contribution is -2.35. The SMILES string of the molecule is Cc1cc(CN(C)C(=O)CNCC2CC2)cc(C)c1OCC(F)(F)F. The molecule has 1 amide bonds. The number of carbonyl (C=O) groups excluding carboxylic acids is 1. The molecule has 0 heterocycles. The van der Waals surface area contributed by atoms with Crippen molar-refractivity contribution in [1.29, 1.82) is 0 Å². The van der Waals surface area contributed by atoms with Crippen LogP contribution in [0.3, 0.4) is 0 Å². The van der Waals surface area contributed by atoms with Crippen molar-refractivity contribution < 1.29 is 22.7 Å². The van der Waals surface area contributed by atoms with Crippen molar-refractivity contribution in [2.75, 3.05) is 26.7 Å². The quantitative estimate of drug-likeness (QED) is 0.776. The van der Waals surface area contributed by atoms with Gasteiger partial charge in [0, 0.05) is 13.6 Å². The average molecular weight is 358 g/mol. The highest BCUT2D eigenvalue weighted by atomic mass is 19.4. The first-order chi connectivity index (χ1) is 11.7. The summed E-state index contributed by atoms with van der Waals surface area (Å²) in [5.41, 5.74) is 2.13. The van der Waals surface area contributed by atoms with Gasteiger partial charge in [0.1, 0.15) is 5.75 Å². The Hall–Kier alpha value is -1.76. The summed E-state index contributed by atoms with van der Waals surface area (Å²) in [7, 11) is 1.72. The number of benzene rings is 1. The molecule has 140 valence electrons. The molecule has 1 saturated carbocycles. The fourth-order valence-corrected chi connectivity index (χ4v) is 2.72. The normalized spacial score (nSPS) is 14.5. The maximum absolute atomic E-state index is 12.3. The molecule has 1 N–H and O–H groups in total. The lowest BCUT2D eigenvalue weighted by Gasteiger charge is -2.20. The van der Waals surface area contributed by atoms with Crippen LogP contribution >= 0.6 is 0 Å². The summed E-state index contributed by atoms with van der Waals surface area (Å²) >= 11 is 0. The van der Waals surface area contributed by atoms with Gasteiger partial charge in [-0.05, 0) is 55.8 Å². The van der Waals surface area contributed by atoms with E-state index in [1.54, 1.807) is 37.9 Å². The van der Waals surface area contributed by atoms with E-state index in [2.05, 4.69) is 5.32 Å². The summed E-state index contributed by atoms with van der Waals surface area (Å²) < 4.78 is 41.9. The van der Waals surface area contributed by atoms with Crippen LogP contribution in [0.1, 0.15) is 29.5 Å². The second-order valence-electron chi connectivity index (χ2n) is 6.79. The van der Waals surface area contributed by atoms with Crippen LogP contribution in [-0.4, -0.2) is 43.7 Å². The molecule has 0 atom stereocenters. The van der Waals surface area contributed by atoms with Gasteiger partial charge in [-0.15, -0.1) is 0 Å². The van der Waals surface area contributed by atoms with Gasteiger partial charge in [-0.2, -0.15) is 13.2 Å². The first-order valence-corrected chi connectivity index (χ1v) is 8.40. The van der Waals surface area contributed by atoms with Gasteiger partial charge >= 0.3 is 6.18 Å². The summed E-state index contributed by atoms with van der Waals surface area (Å²) in [6, 6.07) is 3.53. The zero-order valence-electron chi connectivity index (χ0n) is 14.9. The Labute approximate surface area is 146 Å². The average Bonchev–Trinajstić information content (AvgIpc) is 3.29. The standard InChI is InChI=1S/C18H25F3N2O2/c1-12-6-15(7-13(2)17(12)25-11-18(19,20)21)10-23(3)16(24)9-22-8-14-4-5-14/h6-7,14,22H,4-5,8-11H2,1-3H3. The first-order valence-electron chi connectivity index (χ1n) is 8.40. The van der Waals surface area contributed by atoms with E-state index in [9.17, 15) is 18.0 Å². The number of likely N-dealkylation sites (N-methyl/N-ethyl adjacent to an activating group) is 1. The predicted molar refractivity (Wildman–Crippen MR) is 89.5 cm³/mol. The van der Waals surface area contributed by atoms with E-state index >= 15 is 0 Å². The summed E-state index contributed by atoms with van der Waals surface area (Å²) in [5.74, 6) is 0.960. The summed E-state index contributed by atoms with van der Waals surface area (Å²) in [4.78, 5) is 13.7. The third kappa shape index (κ3) is 6.57. The van der Waals surface area contributed by atoms with Crippen molar-refractivity contribution in [3.8, 4) is 5.75 Å². The zero-order chi connectivity index (χ0) is 18.6. The number of amides is 1. The van der Waals surface area contributed by atoms with E-state index in [0.29, 0.717) is 30.1 Å². The number of rotatable bonds is 8. The highest BCUT2D eigenvalue weighted by Crippen LogP contribution is 2.28. The lowest BCUT2D eigenvalue weighted by atomic mass is 10.1. The maximum Gasteiger partial charge on any atom is 0.422 e. The van der Waals surface area contributed by atoms with E-state index < -0.39 is 12.8 Å². The van der Waals surface area contributed by atoms with Gasteiger partial charge in [0.2, 0.25) is 5.91 Å². The van der Waals surface area contributed by atoms with Crippen LogP contribution in [0, 0.1) is 19.8 Å². The third-order valence-corrected chi connectivity index (χ3v) is 4.15. The molecular formula is C18H25F3N2O2. The minimum Gasteiger partial charge on any atom is -0.484 e. The van der Waals surface area contributed by atoms with Gasteiger partial charge in [-0.3, -0.25) is 4.79 Å². The number of nitrogens with one attached hydrogen (secondary N) is 1. The molecule has 1 aliphatic rings. The van der Waals surface area contributed by atoms with Crippen LogP contribution in [0.15, 0.2) is 12.1 Å². The molecule has 0 saturated heterocycles. The van der Waals surface area contributed by atoms with Gasteiger partial charge in [-0.25, -0.2) is 0 Å². The van der Waals surface area contributed by atoms with Crippen molar-refractivity contribution in [1.82, 2.24) is 10.2 Å². The molecule has 0 bridgehead atoms. The summed E-state index contributed by atoms with van der Waals surface area (Å²) in [6.07, 6.45) is -1.89. The van der Waals surface area contributed by atoms with Crippen molar-refractivity contribution in [3.63, 3.8) is 0 Å². The fourth-order valence-electron chi connectivity index (χ4n) is 2.72. The number of ether oxygens (including phenoxy) is 1. The van der Waals surface area contributed by atoms with Gasteiger partial charge in [0.15, 0.2) is 6.61 Å². The van der Waals surface area contributed by atoms with Crippen molar-refractivity contribution in [3.05, 3.63) is 28.8 Å². The van der Waals surface area contributed by atoms with Crippen LogP contribution in [-0.2, 0) is 11.3 Å². The second kappa shape index (κ2) is 8.08. The summed E-state index contributed by atoms with van der Waals surface area (Å²) in [6.45, 7) is 3.70. The molecule has 0 spiro atoms. The number of nitrogens with zero attached hydrogens (tertiary/aromatic N) is 1. The molecule has 0 unspecified atom stereocenters. The molecule has 0 aromatic heterocycles. The van der Waals surface area contributed by atoms with Crippen LogP contribution < -0.4 is 10.1 Å². The highest BCUT2D eigenvalue weighted by molar-refractivity contribution is 5.78. The second-order valence-corrected chi connectivity index (χ2v) is 6.79. The van der Waals surface area contributed by atoms with E-state index in [4.69, 9.17) is 4.74 Å². The zero-order valence-corrected chi connectivity index (χ0v) is 14.9. The molecule has 0 aliphatic heterocycles. The maximum atomic E-state index is 12.3. The number of aryl methyl sites for hydroxylation is 2. The fraction of sp³-hybridized carbons (Fsp3) is 0.611. The smallest absolute Gasteiger partial charge is 0.422 e. The molecule has 1 aromatic carbocycles. The minimum atomic E-state index is -4.36. The summed E-state index contributed by atoms with van der Waals surface area (Å²) in [5, 5.41) is 3.16. The number of alkyl halides is 3. The number of carbonyl (C=O) groups is 1. The van der Waals surface area contributed by atoms with E-state index in [1.165, 1.54) is 12.8 Å². The molecule has 4 nitrogen and oxygen atoms in total. The van der Waals surface area contributed by atoms with Crippen molar-refractivity contribution in [2.24, 2.45) is 5.92 Å². The van der Waals surface area contributed by atoms with Gasteiger partial charge in [-0.1, -0.05) is 12.1 Å². The van der Waals surface area contributed by atoms with Crippen LogP contribution in [0.4, 0.5) is 13.2 Å². The Morgan fingerprint density at radius 1 is 1.28 bits per heavy atom. The third-order valence-electron chi connectivity index (χ3n) is 4.15. The predicted octanol–water partition coefficient (Wildman–Crippen LogP) is 3.20. The van der Waals surface area contributed by atoms with Gasteiger partial charge < -0.3 is 15.0 Å². The molecule has 1 aromatic rings. The van der Waals surface area contributed by atoms with Crippen molar-refractivity contribution in [2.45, 2.75) is 39.4 Å². The molecule has 25 heavy (non-hydrogen) atoms. The Kier molecular flexibility index (Phi) is 6.32. The van der Waals surface area contributed by atoms with Gasteiger partial charge in [0.05, 0.1) is 6.54 Å². The van der Waals surface area contributed by atoms with E-state index in [-0.39, 0.29) is 11.7 Å². The first kappa shape index (κ1) is 19.6. The lowest BCUT2D eigenvalue weighted by molar-refractivity contribution is -0.153. The number of hydrogen-bond donors (Lipinski definition) is 1. The molecule has 2 rings (SSSR count). The topological polar surface area (TPSA) is 41.6 Å². The molecule has 1 aliphatic carbocycles. The Balaban J connectivity index is 1.91. The van der Waals surface area contributed by atoms with Crippen LogP contribution in [0.25, 0.3) is 0 Å². The molecule has 0 radical (unpaired) electrons. The highest BCUT2D eigenvalue weighted by Gasteiger charge is 2.29. The number of hydrogen-bond acceptors (Lipinski definition) is 3. The van der Waals surface area contributed by atoms with E-state index in [1.807, 2.05) is 0 Å². The van der Waals surface area contributed by atoms with Crippen LogP contribution in [0.5, 0.6) is 5.75 Å². The largest absolute Gasteiger partial charge is 0.484 e. The number of halogens is 3. The Bertz CT molecular complexity index is 590. The molecular weight excluding hydrogens is 333 g/mol. The molecule has 7 heteroatoms. The molecule has 1 fully saturated rings.